The number of rotatable bonds is 9. The Labute approximate surface area is 171 Å². The molecule has 0 bridgehead atoms. The molecule has 0 saturated carbocycles. The van der Waals surface area contributed by atoms with Crippen molar-refractivity contribution in [3.05, 3.63) is 35.9 Å². The standard InChI is InChI=1S/C20H32N4O5/c1-20(2,3)29-19(26)21-11-12-27-24-18(25)17-10-9-16(13-22-17)23-28-14-15-7-5-4-6-8-15/h4-8,16-17,22-23H,9-14H2,1-3H3,(H,21,26)(H,24,25)/t16-,17+/m1/s1. The van der Waals surface area contributed by atoms with Crippen molar-refractivity contribution >= 4 is 12.0 Å². The zero-order valence-electron chi connectivity index (χ0n) is 17.3. The van der Waals surface area contributed by atoms with E-state index in [1.165, 1.54) is 0 Å². The zero-order valence-corrected chi connectivity index (χ0v) is 17.3. The van der Waals surface area contributed by atoms with Gasteiger partial charge in [0.05, 0.1) is 19.3 Å². The Bertz CT molecular complexity index is 628. The lowest BCUT2D eigenvalue weighted by atomic mass is 10.0. The van der Waals surface area contributed by atoms with E-state index in [1.54, 1.807) is 20.8 Å². The van der Waals surface area contributed by atoms with E-state index >= 15 is 0 Å². The number of benzene rings is 1. The van der Waals surface area contributed by atoms with Crippen LogP contribution in [0.3, 0.4) is 0 Å². The van der Waals surface area contributed by atoms with Crippen LogP contribution in [0.1, 0.15) is 39.2 Å². The molecular formula is C20H32N4O5. The Morgan fingerprint density at radius 3 is 2.55 bits per heavy atom. The molecule has 2 atom stereocenters. The number of nitrogens with one attached hydrogen (secondary N) is 4. The van der Waals surface area contributed by atoms with E-state index in [2.05, 4.69) is 21.6 Å². The predicted octanol–water partition coefficient (Wildman–Crippen LogP) is 1.40. The first-order valence-corrected chi connectivity index (χ1v) is 9.86. The lowest BCUT2D eigenvalue weighted by molar-refractivity contribution is -0.136. The molecule has 4 N–H and O–H groups in total. The fourth-order valence-corrected chi connectivity index (χ4v) is 2.71. The monoisotopic (exact) mass is 408 g/mol. The van der Waals surface area contributed by atoms with Crippen molar-refractivity contribution in [1.82, 2.24) is 21.6 Å². The van der Waals surface area contributed by atoms with E-state index in [0.29, 0.717) is 19.6 Å². The molecule has 0 aliphatic carbocycles. The fourth-order valence-electron chi connectivity index (χ4n) is 2.71. The average molecular weight is 408 g/mol. The van der Waals surface area contributed by atoms with Gasteiger partial charge in [0, 0.05) is 19.1 Å². The van der Waals surface area contributed by atoms with Crippen LogP contribution < -0.4 is 21.6 Å². The van der Waals surface area contributed by atoms with Crippen LogP contribution in [-0.4, -0.2) is 49.4 Å². The van der Waals surface area contributed by atoms with Gasteiger partial charge in [0.1, 0.15) is 5.60 Å². The summed E-state index contributed by atoms with van der Waals surface area (Å²) in [7, 11) is 0. The van der Waals surface area contributed by atoms with Gasteiger partial charge < -0.3 is 15.4 Å². The van der Waals surface area contributed by atoms with Crippen molar-refractivity contribution < 1.29 is 24.0 Å². The second-order valence-electron chi connectivity index (χ2n) is 7.87. The molecule has 1 aromatic carbocycles. The van der Waals surface area contributed by atoms with Crippen LogP contribution in [0.15, 0.2) is 30.3 Å². The minimum atomic E-state index is -0.550. The fraction of sp³-hybridized carbons (Fsp3) is 0.600. The predicted molar refractivity (Wildman–Crippen MR) is 108 cm³/mol. The first-order chi connectivity index (χ1) is 13.8. The Hall–Kier alpha value is -2.20. The number of hydroxylamine groups is 2. The molecule has 0 spiro atoms. The summed E-state index contributed by atoms with van der Waals surface area (Å²) in [6.45, 7) is 6.86. The highest BCUT2D eigenvalue weighted by atomic mass is 16.7. The molecule has 1 fully saturated rings. The molecule has 2 rings (SSSR count). The second kappa shape index (κ2) is 11.7. The van der Waals surface area contributed by atoms with Crippen LogP contribution >= 0.6 is 0 Å². The third kappa shape index (κ3) is 9.71. The van der Waals surface area contributed by atoms with Gasteiger partial charge in [0.2, 0.25) is 0 Å². The number of amides is 2. The van der Waals surface area contributed by atoms with Gasteiger partial charge in [-0.3, -0.25) is 14.5 Å². The third-order valence-corrected chi connectivity index (χ3v) is 4.11. The number of carbonyl (C=O) groups is 2. The van der Waals surface area contributed by atoms with Crippen molar-refractivity contribution in [1.29, 1.82) is 0 Å². The zero-order chi connectivity index (χ0) is 21.1. The number of ether oxygens (including phenoxy) is 1. The highest BCUT2D eigenvalue weighted by Gasteiger charge is 2.26. The summed E-state index contributed by atoms with van der Waals surface area (Å²) in [5.74, 6) is -0.231. The summed E-state index contributed by atoms with van der Waals surface area (Å²) in [4.78, 5) is 34.3. The van der Waals surface area contributed by atoms with Gasteiger partial charge >= 0.3 is 6.09 Å². The number of hydrogen-bond donors (Lipinski definition) is 4. The number of alkyl carbamates (subject to hydrolysis) is 1. The summed E-state index contributed by atoms with van der Waals surface area (Å²) in [5.41, 5.74) is 5.99. The quantitative estimate of drug-likeness (QED) is 0.361. The summed E-state index contributed by atoms with van der Waals surface area (Å²) in [6.07, 6.45) is 0.951. The second-order valence-corrected chi connectivity index (χ2v) is 7.87. The van der Waals surface area contributed by atoms with E-state index in [0.717, 1.165) is 12.0 Å². The molecule has 9 heteroatoms. The summed E-state index contributed by atoms with van der Waals surface area (Å²) in [6, 6.07) is 9.74. The summed E-state index contributed by atoms with van der Waals surface area (Å²) < 4.78 is 5.10. The minimum Gasteiger partial charge on any atom is -0.444 e. The Morgan fingerprint density at radius 2 is 1.90 bits per heavy atom. The van der Waals surface area contributed by atoms with Gasteiger partial charge in [0.25, 0.3) is 5.91 Å². The van der Waals surface area contributed by atoms with E-state index in [9.17, 15) is 9.59 Å². The molecular weight excluding hydrogens is 376 g/mol. The average Bonchev–Trinajstić information content (AvgIpc) is 2.67. The lowest BCUT2D eigenvalue weighted by Gasteiger charge is -2.29. The van der Waals surface area contributed by atoms with E-state index in [4.69, 9.17) is 14.4 Å². The lowest BCUT2D eigenvalue weighted by Crippen LogP contribution is -2.53. The SMILES string of the molecule is CC(C)(C)OC(=O)NCCONC(=O)[C@@H]1CC[C@@H](NOCc2ccccc2)CN1. The topological polar surface area (TPSA) is 110 Å². The molecule has 1 aliphatic rings. The maximum atomic E-state index is 12.1. The third-order valence-electron chi connectivity index (χ3n) is 4.11. The molecule has 2 amide bonds. The number of piperidine rings is 1. The van der Waals surface area contributed by atoms with Crippen LogP contribution in [0, 0.1) is 0 Å². The van der Waals surface area contributed by atoms with Crippen LogP contribution in [0.25, 0.3) is 0 Å². The Kier molecular flexibility index (Phi) is 9.33. The largest absolute Gasteiger partial charge is 0.444 e. The highest BCUT2D eigenvalue weighted by Crippen LogP contribution is 2.09. The molecule has 9 nitrogen and oxygen atoms in total. The normalized spacial score (nSPS) is 19.4. The Balaban J connectivity index is 1.51. The van der Waals surface area contributed by atoms with Crippen molar-refractivity contribution in [2.24, 2.45) is 0 Å². The van der Waals surface area contributed by atoms with Gasteiger partial charge in [-0.05, 0) is 39.2 Å². The smallest absolute Gasteiger partial charge is 0.407 e. The Morgan fingerprint density at radius 1 is 1.14 bits per heavy atom. The van der Waals surface area contributed by atoms with Crippen LogP contribution in [0.2, 0.25) is 0 Å². The molecule has 0 radical (unpaired) electrons. The molecule has 1 saturated heterocycles. The van der Waals surface area contributed by atoms with E-state index in [1.807, 2.05) is 30.3 Å². The molecule has 1 aromatic rings. The minimum absolute atomic E-state index is 0.140. The van der Waals surface area contributed by atoms with Gasteiger partial charge in [-0.2, -0.15) is 5.48 Å². The van der Waals surface area contributed by atoms with Crippen LogP contribution in [0.5, 0.6) is 0 Å². The first kappa shape index (κ1) is 23.1. The maximum Gasteiger partial charge on any atom is 0.407 e. The van der Waals surface area contributed by atoms with Gasteiger partial charge in [-0.15, -0.1) is 0 Å². The molecule has 1 aliphatic heterocycles. The van der Waals surface area contributed by atoms with Crippen LogP contribution in [-0.2, 0) is 25.8 Å². The maximum absolute atomic E-state index is 12.1. The molecule has 1 heterocycles. The first-order valence-electron chi connectivity index (χ1n) is 9.86. The summed E-state index contributed by atoms with van der Waals surface area (Å²) >= 11 is 0. The highest BCUT2D eigenvalue weighted by molar-refractivity contribution is 5.80. The number of hydrogen-bond acceptors (Lipinski definition) is 7. The molecule has 0 aromatic heterocycles. The summed E-state index contributed by atoms with van der Waals surface area (Å²) in [5, 5.41) is 5.73. The molecule has 29 heavy (non-hydrogen) atoms. The molecule has 162 valence electrons. The van der Waals surface area contributed by atoms with Crippen molar-refractivity contribution in [2.75, 3.05) is 19.7 Å². The molecule has 0 unspecified atom stereocenters. The van der Waals surface area contributed by atoms with E-state index in [-0.39, 0.29) is 31.1 Å². The van der Waals surface area contributed by atoms with Gasteiger partial charge in [-0.1, -0.05) is 30.3 Å². The van der Waals surface area contributed by atoms with Crippen LogP contribution in [0.4, 0.5) is 4.79 Å². The van der Waals surface area contributed by atoms with Gasteiger partial charge in [0.15, 0.2) is 0 Å². The van der Waals surface area contributed by atoms with Crippen molar-refractivity contribution in [3.8, 4) is 0 Å². The number of carbonyl (C=O) groups excluding carboxylic acids is 2. The van der Waals surface area contributed by atoms with Gasteiger partial charge in [-0.25, -0.2) is 10.3 Å². The van der Waals surface area contributed by atoms with Crippen molar-refractivity contribution in [2.45, 2.75) is 57.9 Å². The van der Waals surface area contributed by atoms with E-state index < -0.39 is 11.7 Å². The van der Waals surface area contributed by atoms with Crippen molar-refractivity contribution in [3.63, 3.8) is 0 Å².